The Morgan fingerprint density at radius 1 is 1.36 bits per heavy atom. The van der Waals surface area contributed by atoms with Crippen molar-refractivity contribution in [3.63, 3.8) is 0 Å². The first kappa shape index (κ1) is 17.7. The maximum atomic E-state index is 12.8. The number of ether oxygens (including phenoxy) is 1. The fourth-order valence-electron chi connectivity index (χ4n) is 3.20. The molecule has 1 aliphatic carbocycles. The highest BCUT2D eigenvalue weighted by atomic mass is 35.5. The molecule has 2 N–H and O–H groups in total. The number of aryl methyl sites for hydroxylation is 1. The molecule has 1 fully saturated rings. The van der Waals surface area contributed by atoms with Crippen molar-refractivity contribution in [2.24, 2.45) is 5.92 Å². The number of amides is 1. The SMILES string of the molecule is COc1ccc([C@H](NC(=O)c2c(C)cccc2Cl)C2CC(O)C2)cn1. The third kappa shape index (κ3) is 3.78. The van der Waals surface area contributed by atoms with Gasteiger partial charge in [0.05, 0.1) is 29.8 Å². The molecular formula is C19H21ClN2O3. The number of nitrogens with one attached hydrogen (secondary N) is 1. The number of pyridine rings is 1. The minimum absolute atomic E-state index is 0.164. The molecule has 2 aromatic rings. The van der Waals surface area contributed by atoms with E-state index >= 15 is 0 Å². The van der Waals surface area contributed by atoms with Gasteiger partial charge in [-0.05, 0) is 42.9 Å². The molecule has 25 heavy (non-hydrogen) atoms. The predicted molar refractivity (Wildman–Crippen MR) is 95.9 cm³/mol. The summed E-state index contributed by atoms with van der Waals surface area (Å²) in [6, 6.07) is 8.82. The molecule has 0 aliphatic heterocycles. The third-order valence-corrected chi connectivity index (χ3v) is 5.00. The fraction of sp³-hybridized carbons (Fsp3) is 0.368. The van der Waals surface area contributed by atoms with E-state index < -0.39 is 0 Å². The summed E-state index contributed by atoms with van der Waals surface area (Å²) in [5, 5.41) is 13.2. The Labute approximate surface area is 152 Å². The van der Waals surface area contributed by atoms with E-state index in [-0.39, 0.29) is 24.0 Å². The number of halogens is 1. The van der Waals surface area contributed by atoms with Crippen molar-refractivity contribution in [1.29, 1.82) is 0 Å². The number of methoxy groups -OCH3 is 1. The quantitative estimate of drug-likeness (QED) is 0.858. The van der Waals surface area contributed by atoms with Gasteiger partial charge in [-0.2, -0.15) is 0 Å². The van der Waals surface area contributed by atoms with Crippen molar-refractivity contribution in [3.05, 3.63) is 58.2 Å². The van der Waals surface area contributed by atoms with Crippen LogP contribution >= 0.6 is 11.6 Å². The van der Waals surface area contributed by atoms with Crippen molar-refractivity contribution in [1.82, 2.24) is 10.3 Å². The highest BCUT2D eigenvalue weighted by Gasteiger charge is 2.36. The van der Waals surface area contributed by atoms with Gasteiger partial charge in [0.15, 0.2) is 0 Å². The zero-order valence-corrected chi connectivity index (χ0v) is 15.0. The van der Waals surface area contributed by atoms with Crippen LogP contribution < -0.4 is 10.1 Å². The number of aromatic nitrogens is 1. The number of carbonyl (C=O) groups is 1. The predicted octanol–water partition coefficient (Wildman–Crippen LogP) is 3.29. The summed E-state index contributed by atoms with van der Waals surface area (Å²) in [7, 11) is 1.56. The molecule has 0 saturated heterocycles. The van der Waals surface area contributed by atoms with Crippen molar-refractivity contribution < 1.29 is 14.6 Å². The summed E-state index contributed by atoms with van der Waals surface area (Å²) in [5.74, 6) is 0.465. The average Bonchev–Trinajstić information content (AvgIpc) is 2.57. The van der Waals surface area contributed by atoms with E-state index in [2.05, 4.69) is 10.3 Å². The normalized spacial score (nSPS) is 20.5. The fourth-order valence-corrected chi connectivity index (χ4v) is 3.51. The van der Waals surface area contributed by atoms with Crippen molar-refractivity contribution in [2.45, 2.75) is 31.9 Å². The number of benzene rings is 1. The van der Waals surface area contributed by atoms with Gasteiger partial charge in [-0.15, -0.1) is 0 Å². The number of rotatable bonds is 5. The Morgan fingerprint density at radius 3 is 2.68 bits per heavy atom. The Kier molecular flexibility index (Phi) is 5.25. The largest absolute Gasteiger partial charge is 0.481 e. The third-order valence-electron chi connectivity index (χ3n) is 4.68. The van der Waals surface area contributed by atoms with E-state index in [1.54, 1.807) is 25.4 Å². The summed E-state index contributed by atoms with van der Waals surface area (Å²) in [6.07, 6.45) is 2.70. The molecule has 0 spiro atoms. The van der Waals surface area contributed by atoms with Crippen molar-refractivity contribution in [2.75, 3.05) is 7.11 Å². The van der Waals surface area contributed by atoms with Crippen LogP contribution in [-0.4, -0.2) is 29.2 Å². The summed E-state index contributed by atoms with van der Waals surface area (Å²) in [6.45, 7) is 1.86. The zero-order valence-electron chi connectivity index (χ0n) is 14.2. The molecule has 5 nitrogen and oxygen atoms in total. The van der Waals surface area contributed by atoms with Crippen LogP contribution in [0, 0.1) is 12.8 Å². The van der Waals surface area contributed by atoms with Crippen LogP contribution in [0.15, 0.2) is 36.5 Å². The molecular weight excluding hydrogens is 340 g/mol. The van der Waals surface area contributed by atoms with E-state index in [0.29, 0.717) is 29.3 Å². The van der Waals surface area contributed by atoms with Gasteiger partial charge in [0.2, 0.25) is 5.88 Å². The molecule has 0 bridgehead atoms. The number of aliphatic hydroxyl groups excluding tert-OH is 1. The minimum Gasteiger partial charge on any atom is -0.481 e. The number of carbonyl (C=O) groups excluding carboxylic acids is 1. The lowest BCUT2D eigenvalue weighted by molar-refractivity contribution is 0.0234. The number of hydrogen-bond donors (Lipinski definition) is 2. The molecule has 1 aliphatic rings. The van der Waals surface area contributed by atoms with Crippen LogP contribution in [0.5, 0.6) is 5.88 Å². The molecule has 3 rings (SSSR count). The molecule has 0 unspecified atom stereocenters. The van der Waals surface area contributed by atoms with Crippen LogP contribution in [0.25, 0.3) is 0 Å². The van der Waals surface area contributed by atoms with Crippen molar-refractivity contribution in [3.8, 4) is 5.88 Å². The molecule has 1 amide bonds. The molecule has 1 aromatic heterocycles. The first-order valence-corrected chi connectivity index (χ1v) is 8.61. The monoisotopic (exact) mass is 360 g/mol. The van der Waals surface area contributed by atoms with E-state index in [1.807, 2.05) is 25.1 Å². The lowest BCUT2D eigenvalue weighted by Gasteiger charge is -2.38. The molecule has 1 atom stereocenters. The summed E-state index contributed by atoms with van der Waals surface area (Å²) in [5.41, 5.74) is 2.19. The lowest BCUT2D eigenvalue weighted by atomic mass is 9.75. The Hall–Kier alpha value is -2.11. The molecule has 6 heteroatoms. The number of aliphatic hydroxyl groups is 1. The van der Waals surface area contributed by atoms with Gasteiger partial charge < -0.3 is 15.2 Å². The topological polar surface area (TPSA) is 71.5 Å². The second-order valence-electron chi connectivity index (χ2n) is 6.40. The van der Waals surface area contributed by atoms with E-state index in [9.17, 15) is 9.90 Å². The maximum Gasteiger partial charge on any atom is 0.253 e. The molecule has 132 valence electrons. The second kappa shape index (κ2) is 7.42. The smallest absolute Gasteiger partial charge is 0.253 e. The first-order valence-electron chi connectivity index (χ1n) is 8.23. The molecule has 1 saturated carbocycles. The zero-order chi connectivity index (χ0) is 18.0. The van der Waals surface area contributed by atoms with Gasteiger partial charge in [-0.3, -0.25) is 4.79 Å². The Balaban J connectivity index is 1.86. The summed E-state index contributed by atoms with van der Waals surface area (Å²) < 4.78 is 5.09. The van der Waals surface area contributed by atoms with E-state index in [4.69, 9.17) is 16.3 Å². The second-order valence-corrected chi connectivity index (χ2v) is 6.81. The van der Waals surface area contributed by atoms with E-state index in [1.165, 1.54) is 0 Å². The van der Waals surface area contributed by atoms with Gasteiger partial charge in [0, 0.05) is 12.3 Å². The average molecular weight is 361 g/mol. The molecule has 1 aromatic carbocycles. The van der Waals surface area contributed by atoms with Gasteiger partial charge in [0.1, 0.15) is 0 Å². The van der Waals surface area contributed by atoms with Crippen LogP contribution in [0.4, 0.5) is 0 Å². The molecule has 1 heterocycles. The number of nitrogens with zero attached hydrogens (tertiary/aromatic N) is 1. The van der Waals surface area contributed by atoms with Gasteiger partial charge in [0.25, 0.3) is 5.91 Å². The van der Waals surface area contributed by atoms with Crippen molar-refractivity contribution >= 4 is 17.5 Å². The van der Waals surface area contributed by atoms with Crippen LogP contribution in [0.1, 0.15) is 40.4 Å². The molecule has 0 radical (unpaired) electrons. The summed E-state index contributed by atoms with van der Waals surface area (Å²) in [4.78, 5) is 17.0. The van der Waals surface area contributed by atoms with Crippen LogP contribution in [0.2, 0.25) is 5.02 Å². The van der Waals surface area contributed by atoms with Gasteiger partial charge in [-0.25, -0.2) is 4.98 Å². The highest BCUT2D eigenvalue weighted by Crippen LogP contribution is 2.38. The van der Waals surface area contributed by atoms with Crippen LogP contribution in [0.3, 0.4) is 0 Å². The van der Waals surface area contributed by atoms with Gasteiger partial charge >= 0.3 is 0 Å². The highest BCUT2D eigenvalue weighted by molar-refractivity contribution is 6.34. The number of hydrogen-bond acceptors (Lipinski definition) is 4. The van der Waals surface area contributed by atoms with Crippen LogP contribution in [-0.2, 0) is 0 Å². The first-order chi connectivity index (χ1) is 12.0. The lowest BCUT2D eigenvalue weighted by Crippen LogP contribution is -2.41. The summed E-state index contributed by atoms with van der Waals surface area (Å²) >= 11 is 6.21. The standard InChI is InChI=1S/C19H21ClN2O3/c1-11-4-3-5-15(20)17(11)19(24)22-18(13-8-14(23)9-13)12-6-7-16(25-2)21-10-12/h3-7,10,13-14,18,23H,8-9H2,1-2H3,(H,22,24)/t13?,14?,18-/m0/s1. The van der Waals surface area contributed by atoms with E-state index in [0.717, 1.165) is 11.1 Å². The maximum absolute atomic E-state index is 12.8. The Bertz CT molecular complexity index is 738. The minimum atomic E-state index is -0.308. The Morgan fingerprint density at radius 2 is 2.12 bits per heavy atom. The van der Waals surface area contributed by atoms with Gasteiger partial charge in [-0.1, -0.05) is 29.8 Å².